The monoisotopic (exact) mass is 160 g/mol. The molecule has 2 unspecified atom stereocenters. The van der Waals surface area contributed by atoms with Gasteiger partial charge in [0.25, 0.3) is 0 Å². The first kappa shape index (κ1) is 9.00. The van der Waals surface area contributed by atoms with Crippen molar-refractivity contribution in [2.24, 2.45) is 0 Å². The summed E-state index contributed by atoms with van der Waals surface area (Å²) in [6, 6.07) is -0.415. The van der Waals surface area contributed by atoms with Crippen molar-refractivity contribution in [3.05, 3.63) is 0 Å². The Morgan fingerprint density at radius 1 is 1.55 bits per heavy atom. The lowest BCUT2D eigenvalue weighted by Gasteiger charge is -2.24. The van der Waals surface area contributed by atoms with E-state index in [1.165, 1.54) is 0 Å². The van der Waals surface area contributed by atoms with Crippen LogP contribution in [-0.4, -0.2) is 53.6 Å². The maximum absolute atomic E-state index is 9.35. The lowest BCUT2D eigenvalue weighted by Crippen LogP contribution is -2.43. The minimum atomic E-state index is -1.00. The fourth-order valence-electron chi connectivity index (χ4n) is 1.31. The highest BCUT2D eigenvalue weighted by atomic mass is 16.6. The van der Waals surface area contributed by atoms with Crippen LogP contribution in [0.1, 0.15) is 6.92 Å². The second-order valence-corrected chi connectivity index (χ2v) is 3.23. The van der Waals surface area contributed by atoms with Gasteiger partial charge in [-0.3, -0.25) is 0 Å². The van der Waals surface area contributed by atoms with Crippen LogP contribution in [-0.2, 0) is 4.74 Å². The molecule has 11 heavy (non-hydrogen) atoms. The zero-order valence-corrected chi connectivity index (χ0v) is 6.69. The van der Waals surface area contributed by atoms with Crippen molar-refractivity contribution in [1.82, 2.24) is 0 Å². The molecule has 1 saturated heterocycles. The van der Waals surface area contributed by atoms with Gasteiger partial charge in [-0.25, -0.2) is 0 Å². The summed E-state index contributed by atoms with van der Waals surface area (Å²) in [4.78, 5) is 0. The summed E-state index contributed by atoms with van der Waals surface area (Å²) >= 11 is 0. The van der Waals surface area contributed by atoms with Crippen molar-refractivity contribution in [2.75, 3.05) is 6.61 Å². The van der Waals surface area contributed by atoms with Crippen LogP contribution in [0, 0.1) is 0 Å². The predicted octanol–water partition coefficient (Wildman–Crippen LogP) is -2.55. The molecular weight excluding hydrogens is 147 g/mol. The van der Waals surface area contributed by atoms with E-state index < -0.39 is 23.8 Å². The van der Waals surface area contributed by atoms with Crippen molar-refractivity contribution in [3.63, 3.8) is 0 Å². The van der Waals surface area contributed by atoms with E-state index in [-0.39, 0.29) is 6.61 Å². The van der Waals surface area contributed by atoms with Gasteiger partial charge in [0.05, 0.1) is 12.6 Å². The topological polar surface area (TPSA) is 69.9 Å². The fourth-order valence-corrected chi connectivity index (χ4v) is 1.31. The van der Waals surface area contributed by atoms with Crippen molar-refractivity contribution in [3.8, 4) is 0 Å². The lowest BCUT2D eigenvalue weighted by atomic mass is 9.90. The molecule has 4 nitrogen and oxygen atoms in total. The van der Waals surface area contributed by atoms with Gasteiger partial charge < -0.3 is 20.1 Å². The van der Waals surface area contributed by atoms with Crippen LogP contribution in [0.25, 0.3) is 0 Å². The van der Waals surface area contributed by atoms with E-state index in [1.54, 1.807) is 14.8 Å². The van der Waals surface area contributed by atoms with Crippen LogP contribution in [0.2, 0.25) is 0 Å². The van der Waals surface area contributed by atoms with Crippen LogP contribution in [0.4, 0.5) is 0 Å². The first-order chi connectivity index (χ1) is 5.01. The minimum Gasteiger partial charge on any atom is -0.393 e. The second-order valence-electron chi connectivity index (χ2n) is 3.23. The smallest absolute Gasteiger partial charge is 0.142 e. The van der Waals surface area contributed by atoms with E-state index >= 15 is 0 Å². The summed E-state index contributed by atoms with van der Waals surface area (Å²) < 4.78 is 5.17. The predicted molar refractivity (Wildman–Crippen MR) is 40.9 cm³/mol. The molecule has 5 heteroatoms. The highest BCUT2D eigenvalue weighted by Gasteiger charge is 2.48. The molecule has 0 bridgehead atoms. The quantitative estimate of drug-likeness (QED) is 0.369. The summed E-state index contributed by atoms with van der Waals surface area (Å²) in [5, 5.41) is 27.4. The highest BCUT2D eigenvalue weighted by Crippen LogP contribution is 2.28. The Hall–Kier alpha value is -0.0951. The Balaban J connectivity index is 2.73. The molecule has 1 rings (SSSR count). The standard InChI is InChI=1S/C6H13BO4/c1-6(2-8)4(10)3(9)5(7)11-6/h3-5,8-10H,2,7H2,1H3/t3?,4?,5-,6-/m1/s1. The summed E-state index contributed by atoms with van der Waals surface area (Å²) in [5.74, 6) is 0. The zero-order valence-electron chi connectivity index (χ0n) is 6.69. The second kappa shape index (κ2) is 2.75. The van der Waals surface area contributed by atoms with Gasteiger partial charge in [0.1, 0.15) is 25.7 Å². The summed E-state index contributed by atoms with van der Waals surface area (Å²) in [5.41, 5.74) is -1.00. The normalized spacial score (nSPS) is 51.5. The molecule has 0 amide bonds. The number of aliphatic hydroxyl groups excluding tert-OH is 3. The Labute approximate surface area is 66.2 Å². The summed E-state index contributed by atoms with van der Waals surface area (Å²) in [6.45, 7) is 1.29. The zero-order chi connectivity index (χ0) is 8.65. The largest absolute Gasteiger partial charge is 0.393 e. The van der Waals surface area contributed by atoms with Gasteiger partial charge in [-0.05, 0) is 6.92 Å². The minimum absolute atomic E-state index is 0.282. The SMILES string of the molecule is B[C@@H]1O[C@](C)(CO)C(O)C1O. The average Bonchev–Trinajstić information content (AvgIpc) is 2.17. The molecule has 1 aliphatic rings. The third-order valence-corrected chi connectivity index (χ3v) is 2.20. The molecule has 0 radical (unpaired) electrons. The number of rotatable bonds is 1. The van der Waals surface area contributed by atoms with Crippen molar-refractivity contribution in [1.29, 1.82) is 0 Å². The van der Waals surface area contributed by atoms with Crippen LogP contribution >= 0.6 is 0 Å². The maximum Gasteiger partial charge on any atom is 0.142 e. The van der Waals surface area contributed by atoms with Gasteiger partial charge in [0, 0.05) is 0 Å². The molecule has 1 heterocycles. The molecule has 3 N–H and O–H groups in total. The molecular formula is C6H13BO4. The van der Waals surface area contributed by atoms with Gasteiger partial charge in [-0.1, -0.05) is 0 Å². The Bertz CT molecular complexity index is 154. The Morgan fingerprint density at radius 2 is 2.09 bits per heavy atom. The van der Waals surface area contributed by atoms with E-state index in [4.69, 9.17) is 9.84 Å². The fraction of sp³-hybridized carbons (Fsp3) is 1.00. The molecule has 0 aliphatic carbocycles. The number of hydrogen-bond acceptors (Lipinski definition) is 4. The first-order valence-corrected chi connectivity index (χ1v) is 3.66. The molecule has 0 aromatic rings. The van der Waals surface area contributed by atoms with E-state index in [2.05, 4.69) is 0 Å². The third kappa shape index (κ3) is 1.29. The molecule has 64 valence electrons. The Morgan fingerprint density at radius 3 is 2.27 bits per heavy atom. The van der Waals surface area contributed by atoms with Crippen molar-refractivity contribution in [2.45, 2.75) is 30.7 Å². The van der Waals surface area contributed by atoms with E-state index in [0.717, 1.165) is 0 Å². The molecule has 0 spiro atoms. The third-order valence-electron chi connectivity index (χ3n) is 2.20. The van der Waals surface area contributed by atoms with Gasteiger partial charge >= 0.3 is 0 Å². The van der Waals surface area contributed by atoms with Gasteiger partial charge in [0.2, 0.25) is 0 Å². The van der Waals surface area contributed by atoms with E-state index in [1.807, 2.05) is 0 Å². The van der Waals surface area contributed by atoms with Gasteiger partial charge in [-0.2, -0.15) is 0 Å². The molecule has 0 saturated carbocycles. The number of aliphatic hydroxyl groups is 3. The van der Waals surface area contributed by atoms with Gasteiger partial charge in [-0.15, -0.1) is 0 Å². The molecule has 4 atom stereocenters. The first-order valence-electron chi connectivity index (χ1n) is 3.66. The average molecular weight is 160 g/mol. The van der Waals surface area contributed by atoms with E-state index in [0.29, 0.717) is 0 Å². The molecule has 0 aromatic carbocycles. The summed E-state index contributed by atoms with van der Waals surface area (Å²) in [7, 11) is 1.66. The van der Waals surface area contributed by atoms with Crippen molar-refractivity contribution >= 4 is 7.85 Å². The van der Waals surface area contributed by atoms with Crippen LogP contribution in [0.15, 0.2) is 0 Å². The van der Waals surface area contributed by atoms with Crippen LogP contribution in [0.5, 0.6) is 0 Å². The van der Waals surface area contributed by atoms with Crippen LogP contribution in [0.3, 0.4) is 0 Å². The number of ether oxygens (including phenoxy) is 1. The maximum atomic E-state index is 9.35. The Kier molecular flexibility index (Phi) is 2.25. The molecule has 1 fully saturated rings. The highest BCUT2D eigenvalue weighted by molar-refractivity contribution is 6.11. The molecule has 1 aliphatic heterocycles. The summed E-state index contributed by atoms with van der Waals surface area (Å²) in [6.07, 6.45) is -1.89. The molecule has 0 aromatic heterocycles. The van der Waals surface area contributed by atoms with E-state index in [9.17, 15) is 10.2 Å². The lowest BCUT2D eigenvalue weighted by molar-refractivity contribution is -0.0865. The van der Waals surface area contributed by atoms with Crippen LogP contribution < -0.4 is 0 Å². The van der Waals surface area contributed by atoms with Gasteiger partial charge in [0.15, 0.2) is 0 Å². The number of hydrogen-bond donors (Lipinski definition) is 3. The van der Waals surface area contributed by atoms with Crippen molar-refractivity contribution < 1.29 is 20.1 Å².